The van der Waals surface area contributed by atoms with Gasteiger partial charge in [-0.3, -0.25) is 4.68 Å². The summed E-state index contributed by atoms with van der Waals surface area (Å²) < 4.78 is 35.5. The Morgan fingerprint density at radius 3 is 2.56 bits per heavy atom. The van der Waals surface area contributed by atoms with E-state index in [0.29, 0.717) is 34.5 Å². The molecule has 1 saturated heterocycles. The first-order valence-electron chi connectivity index (χ1n) is 8.87. The molecular formula is C17H26N6O3S. The molecule has 2 aromatic heterocycles. The van der Waals surface area contributed by atoms with Crippen LogP contribution < -0.4 is 9.64 Å². The fourth-order valence-corrected chi connectivity index (χ4v) is 5.25. The Kier molecular flexibility index (Phi) is 5.38. The van der Waals surface area contributed by atoms with E-state index in [2.05, 4.69) is 15.1 Å². The fraction of sp³-hybridized carbons (Fsp3) is 0.588. The molecule has 0 radical (unpaired) electrons. The highest BCUT2D eigenvalue weighted by atomic mass is 32.2. The molecule has 1 aliphatic rings. The summed E-state index contributed by atoms with van der Waals surface area (Å²) in [5.41, 5.74) is 1.15. The van der Waals surface area contributed by atoms with Crippen molar-refractivity contribution in [3.8, 4) is 5.88 Å². The third kappa shape index (κ3) is 3.77. The highest BCUT2D eigenvalue weighted by Gasteiger charge is 2.35. The summed E-state index contributed by atoms with van der Waals surface area (Å²) in [5.74, 6) is 1.04. The summed E-state index contributed by atoms with van der Waals surface area (Å²) in [6.07, 6.45) is 4.39. The van der Waals surface area contributed by atoms with Crippen LogP contribution in [0.1, 0.15) is 24.2 Å². The van der Waals surface area contributed by atoms with Gasteiger partial charge in [-0.2, -0.15) is 9.40 Å². The van der Waals surface area contributed by atoms with E-state index in [1.165, 1.54) is 4.31 Å². The molecule has 1 unspecified atom stereocenters. The minimum absolute atomic E-state index is 0.277. The van der Waals surface area contributed by atoms with E-state index >= 15 is 0 Å². The number of nitrogens with zero attached hydrogens (tertiary/aromatic N) is 6. The Morgan fingerprint density at radius 1 is 1.22 bits per heavy atom. The standard InChI is InChI=1S/C17H26N6O3S/c1-12-15(13(2)22(5)20-12)27(24,25)23-10-6-7-14(11-23)26-17-16(21(3)4)18-8-9-19-17/h8-9,14H,6-7,10-11H2,1-5H3. The summed E-state index contributed by atoms with van der Waals surface area (Å²) >= 11 is 0. The first kappa shape index (κ1) is 19.6. The maximum Gasteiger partial charge on any atom is 0.257 e. The number of piperidine rings is 1. The van der Waals surface area contributed by atoms with Crippen molar-refractivity contribution in [2.75, 3.05) is 32.1 Å². The van der Waals surface area contributed by atoms with E-state index in [4.69, 9.17) is 4.74 Å². The van der Waals surface area contributed by atoms with Gasteiger partial charge in [0, 0.05) is 40.1 Å². The van der Waals surface area contributed by atoms with Crippen molar-refractivity contribution >= 4 is 15.8 Å². The normalized spacial score (nSPS) is 18.5. The summed E-state index contributed by atoms with van der Waals surface area (Å²) in [6.45, 7) is 4.24. The molecule has 1 aliphatic heterocycles. The van der Waals surface area contributed by atoms with Gasteiger partial charge in [0.05, 0.1) is 17.9 Å². The molecule has 0 saturated carbocycles. The lowest BCUT2D eigenvalue weighted by molar-refractivity contribution is 0.125. The first-order valence-corrected chi connectivity index (χ1v) is 10.3. The number of hydrogen-bond donors (Lipinski definition) is 0. The van der Waals surface area contributed by atoms with Crippen LogP contribution in [0.2, 0.25) is 0 Å². The molecule has 1 atom stereocenters. The van der Waals surface area contributed by atoms with Crippen LogP contribution >= 0.6 is 0 Å². The van der Waals surface area contributed by atoms with E-state index in [1.54, 1.807) is 38.0 Å². The van der Waals surface area contributed by atoms with Crippen LogP contribution in [0.15, 0.2) is 17.3 Å². The average molecular weight is 395 g/mol. The third-order valence-corrected chi connectivity index (χ3v) is 6.85. The van der Waals surface area contributed by atoms with Gasteiger partial charge in [0.15, 0.2) is 5.82 Å². The van der Waals surface area contributed by atoms with Gasteiger partial charge in [0.25, 0.3) is 5.88 Å². The van der Waals surface area contributed by atoms with E-state index in [0.717, 1.165) is 12.8 Å². The first-order chi connectivity index (χ1) is 12.7. The molecule has 10 heteroatoms. The number of sulfonamides is 1. The maximum atomic E-state index is 13.2. The quantitative estimate of drug-likeness (QED) is 0.750. The minimum Gasteiger partial charge on any atom is -0.470 e. The zero-order valence-corrected chi connectivity index (χ0v) is 17.2. The molecule has 1 fully saturated rings. The fourth-order valence-electron chi connectivity index (χ4n) is 3.34. The topological polar surface area (TPSA) is 93.5 Å². The number of hydrogen-bond acceptors (Lipinski definition) is 7. The molecule has 9 nitrogen and oxygen atoms in total. The van der Waals surface area contributed by atoms with Crippen LogP contribution in [0, 0.1) is 13.8 Å². The van der Waals surface area contributed by atoms with Crippen molar-refractivity contribution in [3.63, 3.8) is 0 Å². The Balaban J connectivity index is 1.82. The van der Waals surface area contributed by atoms with Gasteiger partial charge in [0.1, 0.15) is 11.0 Å². The molecule has 3 rings (SSSR count). The second kappa shape index (κ2) is 7.43. The summed E-state index contributed by atoms with van der Waals surface area (Å²) in [4.78, 5) is 10.7. The molecule has 3 heterocycles. The highest BCUT2D eigenvalue weighted by molar-refractivity contribution is 7.89. The van der Waals surface area contributed by atoms with Gasteiger partial charge in [-0.1, -0.05) is 0 Å². The molecule has 0 aliphatic carbocycles. The van der Waals surface area contributed by atoms with Crippen molar-refractivity contribution in [3.05, 3.63) is 23.8 Å². The smallest absolute Gasteiger partial charge is 0.257 e. The molecule has 0 bridgehead atoms. The van der Waals surface area contributed by atoms with Crippen molar-refractivity contribution in [1.82, 2.24) is 24.1 Å². The summed E-state index contributed by atoms with van der Waals surface area (Å²) in [5, 5.41) is 4.25. The molecule has 27 heavy (non-hydrogen) atoms. The molecule has 148 valence electrons. The summed E-state index contributed by atoms with van der Waals surface area (Å²) in [7, 11) is 1.85. The Hall–Kier alpha value is -2.20. The van der Waals surface area contributed by atoms with Crippen LogP contribution in [-0.2, 0) is 17.1 Å². The maximum absolute atomic E-state index is 13.2. The molecular weight excluding hydrogens is 368 g/mol. The van der Waals surface area contributed by atoms with Crippen molar-refractivity contribution in [2.45, 2.75) is 37.7 Å². The van der Waals surface area contributed by atoms with Gasteiger partial charge in [-0.05, 0) is 26.7 Å². The van der Waals surface area contributed by atoms with Crippen LogP contribution in [0.5, 0.6) is 5.88 Å². The van der Waals surface area contributed by atoms with Gasteiger partial charge < -0.3 is 9.64 Å². The van der Waals surface area contributed by atoms with Crippen molar-refractivity contribution in [2.24, 2.45) is 7.05 Å². The molecule has 0 aromatic carbocycles. The number of rotatable bonds is 5. The van der Waals surface area contributed by atoms with Crippen LogP contribution in [0.3, 0.4) is 0 Å². The number of anilines is 1. The summed E-state index contributed by atoms with van der Waals surface area (Å²) in [6, 6.07) is 0. The zero-order valence-electron chi connectivity index (χ0n) is 16.4. The predicted molar refractivity (Wildman–Crippen MR) is 101 cm³/mol. The molecule has 0 spiro atoms. The zero-order chi connectivity index (χ0) is 19.8. The molecule has 0 amide bonds. The third-order valence-electron chi connectivity index (χ3n) is 4.73. The lowest BCUT2D eigenvalue weighted by atomic mass is 10.1. The Labute approximate surface area is 160 Å². The second-order valence-electron chi connectivity index (χ2n) is 6.95. The lowest BCUT2D eigenvalue weighted by Gasteiger charge is -2.32. The van der Waals surface area contributed by atoms with Crippen molar-refractivity contribution < 1.29 is 13.2 Å². The van der Waals surface area contributed by atoms with Gasteiger partial charge in [-0.15, -0.1) is 0 Å². The SMILES string of the molecule is Cc1nn(C)c(C)c1S(=O)(=O)N1CCCC(Oc2nccnc2N(C)C)C1. The lowest BCUT2D eigenvalue weighted by Crippen LogP contribution is -2.44. The Bertz CT molecular complexity index is 925. The number of aryl methyl sites for hydroxylation is 2. The Morgan fingerprint density at radius 2 is 1.93 bits per heavy atom. The largest absolute Gasteiger partial charge is 0.470 e. The monoisotopic (exact) mass is 394 g/mol. The van der Waals surface area contributed by atoms with E-state index < -0.39 is 10.0 Å². The predicted octanol–water partition coefficient (Wildman–Crippen LogP) is 1.13. The van der Waals surface area contributed by atoms with Gasteiger partial charge in [0.2, 0.25) is 10.0 Å². The van der Waals surface area contributed by atoms with Crippen molar-refractivity contribution in [1.29, 1.82) is 0 Å². The molecule has 0 N–H and O–H groups in total. The number of aromatic nitrogens is 4. The average Bonchev–Trinajstić information content (AvgIpc) is 2.88. The van der Waals surface area contributed by atoms with E-state index in [9.17, 15) is 8.42 Å². The molecule has 2 aromatic rings. The van der Waals surface area contributed by atoms with E-state index in [1.807, 2.05) is 19.0 Å². The van der Waals surface area contributed by atoms with Gasteiger partial charge >= 0.3 is 0 Å². The van der Waals surface area contributed by atoms with Crippen LogP contribution in [0.4, 0.5) is 5.82 Å². The van der Waals surface area contributed by atoms with Gasteiger partial charge in [-0.25, -0.2) is 18.4 Å². The second-order valence-corrected chi connectivity index (χ2v) is 8.82. The number of ether oxygens (including phenoxy) is 1. The van der Waals surface area contributed by atoms with E-state index in [-0.39, 0.29) is 12.6 Å². The minimum atomic E-state index is -3.63. The highest BCUT2D eigenvalue weighted by Crippen LogP contribution is 2.28. The van der Waals surface area contributed by atoms with Crippen LogP contribution in [-0.4, -0.2) is 65.8 Å². The van der Waals surface area contributed by atoms with Crippen LogP contribution in [0.25, 0.3) is 0 Å².